The summed E-state index contributed by atoms with van der Waals surface area (Å²) < 4.78 is 45.4. The third-order valence-corrected chi connectivity index (χ3v) is 7.57. The topological polar surface area (TPSA) is 85.2 Å². The summed E-state index contributed by atoms with van der Waals surface area (Å²) in [6.07, 6.45) is 0.209. The van der Waals surface area contributed by atoms with Crippen molar-refractivity contribution >= 4 is 38.4 Å². The molecule has 11 heteroatoms. The molecule has 0 radical (unpaired) electrons. The minimum atomic E-state index is -4.95. The van der Waals surface area contributed by atoms with E-state index in [0.29, 0.717) is 23.0 Å². The largest absolute Gasteiger partial charge is 0.573 e. The van der Waals surface area contributed by atoms with E-state index in [1.807, 2.05) is 0 Å². The normalized spacial score (nSPS) is 22.4. The van der Waals surface area contributed by atoms with Gasteiger partial charge in [-0.25, -0.2) is 4.98 Å². The predicted octanol–water partition coefficient (Wildman–Crippen LogP) is 5.15. The van der Waals surface area contributed by atoms with E-state index in [2.05, 4.69) is 36.3 Å². The van der Waals surface area contributed by atoms with Gasteiger partial charge in [0, 0.05) is 22.5 Å². The van der Waals surface area contributed by atoms with Crippen molar-refractivity contribution < 1.29 is 22.7 Å². The Labute approximate surface area is 213 Å². The Bertz CT molecular complexity index is 1360. The average molecular weight is 565 g/mol. The maximum Gasteiger partial charge on any atom is 0.573 e. The van der Waals surface area contributed by atoms with Crippen LogP contribution in [0.25, 0.3) is 16.6 Å². The van der Waals surface area contributed by atoms with E-state index in [0.717, 1.165) is 36.2 Å². The standard InChI is InChI=1S/C25H24BrF3N4O3/c1-13(14-8-16-3-4-17(9-14)31-16)23(34)32-21-11-18(5-7-22(21)36-25(27,28)29)33-12-30-20-10-15(26)2-6-19(20)24(33)35/h2,5-7,10-14,16-17,31H,3-4,8-9H2,1H3,(H,32,34). The van der Waals surface area contributed by atoms with Gasteiger partial charge in [-0.2, -0.15) is 0 Å². The second-order valence-corrected chi connectivity index (χ2v) is 10.4. The fourth-order valence-electron chi connectivity index (χ4n) is 5.23. The first kappa shape index (κ1) is 24.8. The SMILES string of the molecule is CC(C(=O)Nc1cc(-n2cnc3cc(Br)ccc3c2=O)ccc1OC(F)(F)F)C1CC2CCC(C1)N2. The Morgan fingerprint density at radius 2 is 1.92 bits per heavy atom. The number of hydrogen-bond donors (Lipinski definition) is 2. The number of nitrogens with zero attached hydrogens (tertiary/aromatic N) is 2. The highest BCUT2D eigenvalue weighted by Crippen LogP contribution is 2.37. The number of alkyl halides is 3. The Balaban J connectivity index is 1.47. The molecule has 36 heavy (non-hydrogen) atoms. The van der Waals surface area contributed by atoms with Crippen LogP contribution in [0.3, 0.4) is 0 Å². The highest BCUT2D eigenvalue weighted by atomic mass is 79.9. The molecule has 2 aliphatic heterocycles. The highest BCUT2D eigenvalue weighted by molar-refractivity contribution is 9.10. The van der Waals surface area contributed by atoms with Gasteiger partial charge in [-0.1, -0.05) is 22.9 Å². The first-order chi connectivity index (χ1) is 17.1. The summed E-state index contributed by atoms with van der Waals surface area (Å²) in [5, 5.41) is 6.50. The van der Waals surface area contributed by atoms with Crippen molar-refractivity contribution in [2.75, 3.05) is 5.32 Å². The number of carbonyl (C=O) groups excluding carboxylic acids is 1. The second-order valence-electron chi connectivity index (χ2n) is 9.46. The van der Waals surface area contributed by atoms with Crippen LogP contribution in [0.4, 0.5) is 18.9 Å². The van der Waals surface area contributed by atoms with Gasteiger partial charge in [-0.3, -0.25) is 14.2 Å². The fourth-order valence-corrected chi connectivity index (χ4v) is 5.58. The van der Waals surface area contributed by atoms with Crippen LogP contribution in [0, 0.1) is 11.8 Å². The van der Waals surface area contributed by atoms with Gasteiger partial charge in [-0.15, -0.1) is 13.2 Å². The molecule has 1 amide bonds. The lowest BCUT2D eigenvalue weighted by molar-refractivity contribution is -0.274. The molecule has 0 aliphatic carbocycles. The van der Waals surface area contributed by atoms with Crippen molar-refractivity contribution in [3.8, 4) is 11.4 Å². The fraction of sp³-hybridized carbons (Fsp3) is 0.400. The Morgan fingerprint density at radius 1 is 1.19 bits per heavy atom. The summed E-state index contributed by atoms with van der Waals surface area (Å²) in [5.74, 6) is -1.21. The quantitative estimate of drug-likeness (QED) is 0.447. The van der Waals surface area contributed by atoms with Gasteiger partial charge in [0.15, 0.2) is 5.75 Å². The maximum atomic E-state index is 13.1. The van der Waals surface area contributed by atoms with Crippen LogP contribution in [-0.2, 0) is 4.79 Å². The van der Waals surface area contributed by atoms with E-state index < -0.39 is 23.6 Å². The Kier molecular flexibility index (Phi) is 6.54. The molecule has 2 bridgehead atoms. The van der Waals surface area contributed by atoms with Crippen molar-refractivity contribution in [3.05, 3.63) is 57.6 Å². The van der Waals surface area contributed by atoms with Gasteiger partial charge in [0.05, 0.1) is 22.3 Å². The number of halogens is 4. The molecular weight excluding hydrogens is 541 g/mol. The lowest BCUT2D eigenvalue weighted by atomic mass is 9.82. The van der Waals surface area contributed by atoms with E-state index in [1.165, 1.54) is 23.0 Å². The minimum Gasteiger partial charge on any atom is -0.404 e. The minimum absolute atomic E-state index is 0.130. The van der Waals surface area contributed by atoms with Gasteiger partial charge in [0.25, 0.3) is 5.56 Å². The van der Waals surface area contributed by atoms with Crippen LogP contribution in [0.2, 0.25) is 0 Å². The first-order valence-electron chi connectivity index (χ1n) is 11.7. The molecular formula is C25H24BrF3N4O3. The summed E-state index contributed by atoms with van der Waals surface area (Å²) in [4.78, 5) is 30.5. The van der Waals surface area contributed by atoms with Gasteiger partial charge in [0.2, 0.25) is 5.91 Å². The molecule has 3 unspecified atom stereocenters. The summed E-state index contributed by atoms with van der Waals surface area (Å²) in [5.41, 5.74) is 0.157. The van der Waals surface area contributed by atoms with Crippen molar-refractivity contribution in [2.45, 2.75) is 51.1 Å². The number of carbonyl (C=O) groups is 1. The molecule has 7 nitrogen and oxygen atoms in total. The summed E-state index contributed by atoms with van der Waals surface area (Å²) in [6.45, 7) is 1.80. The number of ether oxygens (including phenoxy) is 1. The van der Waals surface area contributed by atoms with Gasteiger partial charge in [0.1, 0.15) is 6.33 Å². The molecule has 2 aromatic carbocycles. The molecule has 2 fully saturated rings. The second kappa shape index (κ2) is 9.51. The number of nitrogens with one attached hydrogen (secondary N) is 2. The molecule has 1 aromatic heterocycles. The molecule has 2 aliphatic rings. The van der Waals surface area contributed by atoms with Crippen LogP contribution in [0.5, 0.6) is 5.75 Å². The van der Waals surface area contributed by atoms with Gasteiger partial charge < -0.3 is 15.4 Å². The Hall–Kier alpha value is -2.92. The van der Waals surface area contributed by atoms with E-state index in [4.69, 9.17) is 0 Å². The monoisotopic (exact) mass is 564 g/mol. The van der Waals surface area contributed by atoms with Crippen molar-refractivity contribution in [3.63, 3.8) is 0 Å². The molecule has 3 atom stereocenters. The maximum absolute atomic E-state index is 13.1. The summed E-state index contributed by atoms with van der Waals surface area (Å²) >= 11 is 3.34. The van der Waals surface area contributed by atoms with E-state index in [1.54, 1.807) is 25.1 Å². The molecule has 190 valence electrons. The van der Waals surface area contributed by atoms with E-state index in [-0.39, 0.29) is 23.2 Å². The van der Waals surface area contributed by atoms with Crippen LogP contribution >= 0.6 is 15.9 Å². The lowest BCUT2D eigenvalue weighted by Crippen LogP contribution is -2.42. The number of hydrogen-bond acceptors (Lipinski definition) is 5. The number of benzene rings is 2. The number of anilines is 1. The first-order valence-corrected chi connectivity index (χ1v) is 12.5. The van der Waals surface area contributed by atoms with E-state index >= 15 is 0 Å². The van der Waals surface area contributed by atoms with Gasteiger partial charge in [-0.05, 0) is 68.0 Å². The predicted molar refractivity (Wildman–Crippen MR) is 132 cm³/mol. The lowest BCUT2D eigenvalue weighted by Gasteiger charge is -2.32. The van der Waals surface area contributed by atoms with Crippen LogP contribution in [-0.4, -0.2) is 33.9 Å². The smallest absolute Gasteiger partial charge is 0.404 e. The third kappa shape index (κ3) is 5.12. The number of rotatable bonds is 5. The number of piperidine rings is 1. The summed E-state index contributed by atoms with van der Waals surface area (Å²) in [6, 6.07) is 9.48. The number of amides is 1. The molecule has 5 rings (SSSR count). The zero-order valence-corrected chi connectivity index (χ0v) is 20.9. The number of fused-ring (bicyclic) bond motifs is 3. The molecule has 0 spiro atoms. The van der Waals surface area contributed by atoms with Crippen molar-refractivity contribution in [1.29, 1.82) is 0 Å². The molecule has 3 aromatic rings. The third-order valence-electron chi connectivity index (χ3n) is 7.08. The summed E-state index contributed by atoms with van der Waals surface area (Å²) in [7, 11) is 0. The van der Waals surface area contributed by atoms with Crippen LogP contribution in [0.1, 0.15) is 32.6 Å². The van der Waals surface area contributed by atoms with Crippen LogP contribution < -0.4 is 20.9 Å². The Morgan fingerprint density at radius 3 is 2.61 bits per heavy atom. The van der Waals surface area contributed by atoms with Crippen LogP contribution in [0.15, 0.2) is 52.0 Å². The van der Waals surface area contributed by atoms with Gasteiger partial charge >= 0.3 is 6.36 Å². The van der Waals surface area contributed by atoms with Crippen molar-refractivity contribution in [2.24, 2.45) is 11.8 Å². The van der Waals surface area contributed by atoms with E-state index in [9.17, 15) is 22.8 Å². The zero-order chi connectivity index (χ0) is 25.6. The molecule has 2 N–H and O–H groups in total. The highest BCUT2D eigenvalue weighted by Gasteiger charge is 2.38. The molecule has 2 saturated heterocycles. The average Bonchev–Trinajstić information content (AvgIpc) is 3.16. The molecule has 3 heterocycles. The zero-order valence-electron chi connectivity index (χ0n) is 19.3. The molecule has 0 saturated carbocycles. The van der Waals surface area contributed by atoms with Crippen molar-refractivity contribution in [1.82, 2.24) is 14.9 Å². The number of aromatic nitrogens is 2.